The SMILES string of the molecule is CC1CCCC(O)(CNC(=O)Oc2ccccc2)C1. The summed E-state index contributed by atoms with van der Waals surface area (Å²) in [6.45, 7) is 2.38. The van der Waals surface area contributed by atoms with Crippen LogP contribution < -0.4 is 10.1 Å². The predicted molar refractivity (Wildman–Crippen MR) is 73.1 cm³/mol. The summed E-state index contributed by atoms with van der Waals surface area (Å²) in [6, 6.07) is 8.91. The third-order valence-corrected chi connectivity index (χ3v) is 3.58. The van der Waals surface area contributed by atoms with E-state index in [4.69, 9.17) is 4.74 Å². The van der Waals surface area contributed by atoms with E-state index in [1.165, 1.54) is 0 Å². The first-order valence-corrected chi connectivity index (χ1v) is 6.80. The van der Waals surface area contributed by atoms with Crippen LogP contribution in [0.1, 0.15) is 32.6 Å². The summed E-state index contributed by atoms with van der Waals surface area (Å²) < 4.78 is 5.12. The van der Waals surface area contributed by atoms with Gasteiger partial charge in [0.1, 0.15) is 5.75 Å². The summed E-state index contributed by atoms with van der Waals surface area (Å²) in [5.41, 5.74) is -0.784. The molecule has 1 aliphatic carbocycles. The van der Waals surface area contributed by atoms with Crippen LogP contribution in [0.15, 0.2) is 30.3 Å². The van der Waals surface area contributed by atoms with Crippen LogP contribution in [0, 0.1) is 5.92 Å². The number of para-hydroxylation sites is 1. The molecule has 1 saturated carbocycles. The highest BCUT2D eigenvalue weighted by Crippen LogP contribution is 2.31. The molecule has 2 N–H and O–H groups in total. The Morgan fingerprint density at radius 3 is 2.89 bits per heavy atom. The van der Waals surface area contributed by atoms with Gasteiger partial charge in [0.25, 0.3) is 0 Å². The van der Waals surface area contributed by atoms with Gasteiger partial charge < -0.3 is 15.2 Å². The number of hydrogen-bond donors (Lipinski definition) is 2. The minimum Gasteiger partial charge on any atom is -0.410 e. The molecule has 4 heteroatoms. The molecule has 1 aromatic rings. The van der Waals surface area contributed by atoms with Gasteiger partial charge in [0.2, 0.25) is 0 Å². The number of carbonyl (C=O) groups excluding carboxylic acids is 1. The smallest absolute Gasteiger partial charge is 0.410 e. The average Bonchev–Trinajstić information content (AvgIpc) is 2.38. The highest BCUT2D eigenvalue weighted by Gasteiger charge is 2.32. The van der Waals surface area contributed by atoms with Gasteiger partial charge in [0.15, 0.2) is 0 Å². The lowest BCUT2D eigenvalue weighted by Crippen LogP contribution is -2.46. The molecular formula is C15H21NO3. The number of rotatable bonds is 3. The highest BCUT2D eigenvalue weighted by atomic mass is 16.6. The summed E-state index contributed by atoms with van der Waals surface area (Å²) in [6.07, 6.45) is 3.11. The fourth-order valence-corrected chi connectivity index (χ4v) is 2.66. The number of aliphatic hydroxyl groups is 1. The van der Waals surface area contributed by atoms with Gasteiger partial charge in [0.05, 0.1) is 5.60 Å². The van der Waals surface area contributed by atoms with Gasteiger partial charge in [-0.15, -0.1) is 0 Å². The normalized spacial score (nSPS) is 26.7. The monoisotopic (exact) mass is 263 g/mol. The largest absolute Gasteiger partial charge is 0.412 e. The first-order valence-electron chi connectivity index (χ1n) is 6.80. The van der Waals surface area contributed by atoms with Gasteiger partial charge in [0, 0.05) is 6.54 Å². The van der Waals surface area contributed by atoms with E-state index >= 15 is 0 Å². The standard InChI is InChI=1S/C15H21NO3/c1-12-6-5-9-15(18,10-12)11-16-14(17)19-13-7-3-2-4-8-13/h2-4,7-8,12,18H,5-6,9-11H2,1H3,(H,16,17). The zero-order valence-electron chi connectivity index (χ0n) is 11.3. The van der Waals surface area contributed by atoms with Crippen LogP contribution in [0.25, 0.3) is 0 Å². The van der Waals surface area contributed by atoms with Gasteiger partial charge >= 0.3 is 6.09 Å². The van der Waals surface area contributed by atoms with Crippen molar-refractivity contribution in [2.24, 2.45) is 5.92 Å². The molecule has 104 valence electrons. The Hall–Kier alpha value is -1.55. The van der Waals surface area contributed by atoms with Crippen molar-refractivity contribution in [2.45, 2.75) is 38.2 Å². The molecule has 0 spiro atoms. The lowest BCUT2D eigenvalue weighted by molar-refractivity contribution is -0.0106. The van der Waals surface area contributed by atoms with E-state index in [2.05, 4.69) is 12.2 Å². The van der Waals surface area contributed by atoms with Gasteiger partial charge in [-0.1, -0.05) is 38.0 Å². The fraction of sp³-hybridized carbons (Fsp3) is 0.533. The number of hydrogen-bond acceptors (Lipinski definition) is 3. The Balaban J connectivity index is 1.80. The minimum atomic E-state index is -0.784. The molecule has 2 unspecified atom stereocenters. The fourth-order valence-electron chi connectivity index (χ4n) is 2.66. The molecule has 2 rings (SSSR count). The molecule has 0 heterocycles. The molecule has 0 bridgehead atoms. The maximum Gasteiger partial charge on any atom is 0.412 e. The molecule has 1 fully saturated rings. The Kier molecular flexibility index (Phi) is 4.43. The molecule has 1 amide bonds. The maximum atomic E-state index is 11.6. The number of ether oxygens (including phenoxy) is 1. The average molecular weight is 263 g/mol. The topological polar surface area (TPSA) is 58.6 Å². The van der Waals surface area contributed by atoms with E-state index in [-0.39, 0.29) is 6.54 Å². The molecule has 0 aromatic heterocycles. The Labute approximate surface area is 113 Å². The maximum absolute atomic E-state index is 11.6. The predicted octanol–water partition coefficient (Wildman–Crippen LogP) is 2.72. The number of carbonyl (C=O) groups is 1. The number of amides is 1. The first-order chi connectivity index (χ1) is 9.07. The van der Waals surface area contributed by atoms with Gasteiger partial charge in [-0.25, -0.2) is 4.79 Å². The summed E-state index contributed by atoms with van der Waals surface area (Å²) >= 11 is 0. The molecule has 0 radical (unpaired) electrons. The lowest BCUT2D eigenvalue weighted by Gasteiger charge is -2.35. The molecule has 0 aliphatic heterocycles. The summed E-state index contributed by atoms with van der Waals surface area (Å²) in [4.78, 5) is 11.6. The quantitative estimate of drug-likeness (QED) is 0.881. The second-order valence-electron chi connectivity index (χ2n) is 5.48. The third-order valence-electron chi connectivity index (χ3n) is 3.58. The summed E-state index contributed by atoms with van der Waals surface area (Å²) in [5, 5.41) is 13.0. The first kappa shape index (κ1) is 13.9. The van der Waals surface area contributed by atoms with E-state index in [1.807, 2.05) is 6.07 Å². The third kappa shape index (κ3) is 4.24. The van der Waals surface area contributed by atoms with Gasteiger partial charge in [-0.05, 0) is 30.9 Å². The molecule has 1 aliphatic rings. The molecule has 19 heavy (non-hydrogen) atoms. The van der Waals surface area contributed by atoms with Crippen LogP contribution in [0.2, 0.25) is 0 Å². The lowest BCUT2D eigenvalue weighted by atomic mass is 9.79. The van der Waals surface area contributed by atoms with Gasteiger partial charge in [-0.3, -0.25) is 0 Å². The van der Waals surface area contributed by atoms with E-state index in [1.54, 1.807) is 24.3 Å². The zero-order valence-corrected chi connectivity index (χ0v) is 11.3. The van der Waals surface area contributed by atoms with E-state index in [9.17, 15) is 9.90 Å². The number of nitrogens with one attached hydrogen (secondary N) is 1. The van der Waals surface area contributed by atoms with E-state index in [0.717, 1.165) is 25.7 Å². The van der Waals surface area contributed by atoms with E-state index < -0.39 is 11.7 Å². The summed E-state index contributed by atoms with van der Waals surface area (Å²) in [7, 11) is 0. The Bertz CT molecular complexity index is 421. The Morgan fingerprint density at radius 1 is 1.47 bits per heavy atom. The van der Waals surface area contributed by atoms with Crippen molar-refractivity contribution in [3.8, 4) is 5.75 Å². The van der Waals surface area contributed by atoms with Crippen molar-refractivity contribution in [2.75, 3.05) is 6.54 Å². The molecule has 1 aromatic carbocycles. The van der Waals surface area contributed by atoms with Crippen molar-refractivity contribution in [1.82, 2.24) is 5.32 Å². The van der Waals surface area contributed by atoms with Crippen LogP contribution in [0.4, 0.5) is 4.79 Å². The van der Waals surface area contributed by atoms with Crippen molar-refractivity contribution in [1.29, 1.82) is 0 Å². The van der Waals surface area contributed by atoms with Crippen LogP contribution in [0.5, 0.6) is 5.75 Å². The van der Waals surface area contributed by atoms with Crippen molar-refractivity contribution in [3.63, 3.8) is 0 Å². The molecule has 2 atom stereocenters. The van der Waals surface area contributed by atoms with E-state index in [0.29, 0.717) is 11.7 Å². The van der Waals surface area contributed by atoms with Crippen LogP contribution in [-0.2, 0) is 0 Å². The highest BCUT2D eigenvalue weighted by molar-refractivity contribution is 5.70. The Morgan fingerprint density at radius 2 is 2.21 bits per heavy atom. The van der Waals surface area contributed by atoms with Crippen LogP contribution in [-0.4, -0.2) is 23.3 Å². The van der Waals surface area contributed by atoms with Crippen molar-refractivity contribution in [3.05, 3.63) is 30.3 Å². The number of benzene rings is 1. The second-order valence-corrected chi connectivity index (χ2v) is 5.48. The second kappa shape index (κ2) is 6.06. The van der Waals surface area contributed by atoms with Crippen molar-refractivity contribution >= 4 is 6.09 Å². The zero-order chi connectivity index (χ0) is 13.7. The summed E-state index contributed by atoms with van der Waals surface area (Å²) in [5.74, 6) is 1.01. The minimum absolute atomic E-state index is 0.253. The van der Waals surface area contributed by atoms with Crippen molar-refractivity contribution < 1.29 is 14.6 Å². The molecule has 4 nitrogen and oxygen atoms in total. The van der Waals surface area contributed by atoms with Gasteiger partial charge in [-0.2, -0.15) is 0 Å². The van der Waals surface area contributed by atoms with Crippen LogP contribution in [0.3, 0.4) is 0 Å². The van der Waals surface area contributed by atoms with Crippen LogP contribution >= 0.6 is 0 Å². The molecule has 0 saturated heterocycles. The molecular weight excluding hydrogens is 242 g/mol.